The molecule has 5 nitrogen and oxygen atoms in total. The van der Waals surface area contributed by atoms with E-state index >= 15 is 0 Å². The van der Waals surface area contributed by atoms with Crippen LogP contribution >= 0.6 is 0 Å². The van der Waals surface area contributed by atoms with Crippen molar-refractivity contribution in [3.05, 3.63) is 30.4 Å². The first-order chi connectivity index (χ1) is 9.78. The fourth-order valence-corrected chi connectivity index (χ4v) is 3.65. The van der Waals surface area contributed by atoms with Crippen LogP contribution in [-0.2, 0) is 0 Å². The van der Waals surface area contributed by atoms with Crippen LogP contribution in [0, 0.1) is 5.92 Å². The lowest BCUT2D eigenvalue weighted by atomic mass is 9.95. The van der Waals surface area contributed by atoms with E-state index in [2.05, 4.69) is 44.7 Å². The van der Waals surface area contributed by atoms with Crippen LogP contribution in [0.2, 0.25) is 0 Å². The van der Waals surface area contributed by atoms with E-state index in [1.54, 1.807) is 0 Å². The summed E-state index contributed by atoms with van der Waals surface area (Å²) in [4.78, 5) is 12.1. The quantitative estimate of drug-likeness (QED) is 0.750. The van der Waals surface area contributed by atoms with Gasteiger partial charge in [0.25, 0.3) is 0 Å². The van der Waals surface area contributed by atoms with Crippen molar-refractivity contribution in [1.29, 1.82) is 0 Å². The normalized spacial score (nSPS) is 26.8. The Balaban J connectivity index is 1.89. The zero-order valence-electron chi connectivity index (χ0n) is 11.8. The van der Waals surface area contributed by atoms with Crippen molar-refractivity contribution in [3.8, 4) is 0 Å². The Morgan fingerprint density at radius 1 is 1.30 bits per heavy atom. The SMILES string of the molecule is CN[C@H]1C[C@@H](C)[C@@H](c2cnc3cnc4[nH]ccc4n23)C1. The third-order valence-corrected chi connectivity index (χ3v) is 4.74. The third kappa shape index (κ3) is 1.59. The van der Waals surface area contributed by atoms with E-state index in [9.17, 15) is 0 Å². The van der Waals surface area contributed by atoms with Gasteiger partial charge in [-0.3, -0.25) is 4.40 Å². The summed E-state index contributed by atoms with van der Waals surface area (Å²) in [6.45, 7) is 2.34. The molecular weight excluding hydrogens is 250 g/mol. The molecule has 0 bridgehead atoms. The molecule has 0 radical (unpaired) electrons. The van der Waals surface area contributed by atoms with E-state index in [4.69, 9.17) is 0 Å². The lowest BCUT2D eigenvalue weighted by Crippen LogP contribution is -2.21. The van der Waals surface area contributed by atoms with Crippen molar-refractivity contribution in [2.75, 3.05) is 7.05 Å². The van der Waals surface area contributed by atoms with Gasteiger partial charge in [-0.2, -0.15) is 0 Å². The van der Waals surface area contributed by atoms with Crippen molar-refractivity contribution >= 4 is 16.8 Å². The zero-order chi connectivity index (χ0) is 13.7. The van der Waals surface area contributed by atoms with Crippen LogP contribution in [0.1, 0.15) is 31.4 Å². The lowest BCUT2D eigenvalue weighted by Gasteiger charge is -2.15. The van der Waals surface area contributed by atoms with Crippen LogP contribution < -0.4 is 5.32 Å². The molecule has 3 aromatic heterocycles. The molecule has 20 heavy (non-hydrogen) atoms. The number of H-pyrrole nitrogens is 1. The van der Waals surface area contributed by atoms with Crippen LogP contribution in [0.4, 0.5) is 0 Å². The summed E-state index contributed by atoms with van der Waals surface area (Å²) in [6, 6.07) is 2.69. The molecule has 1 aliphatic carbocycles. The number of rotatable bonds is 2. The van der Waals surface area contributed by atoms with Gasteiger partial charge in [-0.25, -0.2) is 9.97 Å². The standard InChI is InChI=1S/C15H19N5/c1-9-5-10(16-2)6-11(9)13-7-18-14-8-19-15-12(20(13)14)3-4-17-15/h3-4,7-11,16-17H,5-6H2,1-2H3/t9-,10+,11+/m1/s1. The van der Waals surface area contributed by atoms with Gasteiger partial charge in [0.2, 0.25) is 0 Å². The van der Waals surface area contributed by atoms with Crippen LogP contribution in [0.15, 0.2) is 24.7 Å². The van der Waals surface area contributed by atoms with E-state index in [1.165, 1.54) is 18.5 Å². The predicted molar refractivity (Wildman–Crippen MR) is 78.8 cm³/mol. The van der Waals surface area contributed by atoms with Crippen LogP contribution in [-0.4, -0.2) is 32.4 Å². The second-order valence-corrected chi connectivity index (χ2v) is 5.89. The summed E-state index contributed by atoms with van der Waals surface area (Å²) in [5.41, 5.74) is 4.30. The molecule has 4 rings (SSSR count). The average Bonchev–Trinajstić information content (AvgIpc) is 3.13. The molecule has 3 heterocycles. The van der Waals surface area contributed by atoms with E-state index < -0.39 is 0 Å². The molecule has 2 N–H and O–H groups in total. The second-order valence-electron chi connectivity index (χ2n) is 5.89. The van der Waals surface area contributed by atoms with Crippen LogP contribution in [0.3, 0.4) is 0 Å². The van der Waals surface area contributed by atoms with Gasteiger partial charge in [-0.05, 0) is 31.9 Å². The topological polar surface area (TPSA) is 58.0 Å². The zero-order valence-corrected chi connectivity index (χ0v) is 11.8. The number of fused-ring (bicyclic) bond motifs is 3. The van der Waals surface area contributed by atoms with Crippen molar-refractivity contribution < 1.29 is 0 Å². The summed E-state index contributed by atoms with van der Waals surface area (Å²) in [5.74, 6) is 1.23. The number of aromatic nitrogens is 4. The molecule has 1 fully saturated rings. The monoisotopic (exact) mass is 269 g/mol. The Kier molecular flexibility index (Phi) is 2.57. The van der Waals surface area contributed by atoms with Gasteiger partial charge < -0.3 is 10.3 Å². The average molecular weight is 269 g/mol. The summed E-state index contributed by atoms with van der Waals surface area (Å²) < 4.78 is 2.26. The number of hydrogen-bond donors (Lipinski definition) is 2. The maximum absolute atomic E-state index is 4.54. The molecule has 0 unspecified atom stereocenters. The minimum atomic E-state index is 0.558. The Bertz CT molecular complexity index is 756. The first-order valence-electron chi connectivity index (χ1n) is 7.24. The lowest BCUT2D eigenvalue weighted by molar-refractivity contribution is 0.516. The van der Waals surface area contributed by atoms with Gasteiger partial charge in [0.15, 0.2) is 11.3 Å². The smallest absolute Gasteiger partial charge is 0.156 e. The molecule has 0 spiro atoms. The minimum absolute atomic E-state index is 0.558. The molecule has 5 heteroatoms. The van der Waals surface area contributed by atoms with Gasteiger partial charge in [0, 0.05) is 30.0 Å². The van der Waals surface area contributed by atoms with Crippen molar-refractivity contribution in [1.82, 2.24) is 24.7 Å². The number of hydrogen-bond acceptors (Lipinski definition) is 3. The summed E-state index contributed by atoms with van der Waals surface area (Å²) in [6.07, 6.45) is 8.23. The predicted octanol–water partition coefficient (Wildman–Crippen LogP) is 2.31. The number of nitrogens with zero attached hydrogens (tertiary/aromatic N) is 3. The van der Waals surface area contributed by atoms with E-state index in [-0.39, 0.29) is 0 Å². The Hall–Kier alpha value is -1.88. The van der Waals surface area contributed by atoms with Gasteiger partial charge >= 0.3 is 0 Å². The molecule has 3 aromatic rings. The first-order valence-corrected chi connectivity index (χ1v) is 7.24. The van der Waals surface area contributed by atoms with Crippen molar-refractivity contribution in [3.63, 3.8) is 0 Å². The summed E-state index contributed by atoms with van der Waals surface area (Å²) >= 11 is 0. The highest BCUT2D eigenvalue weighted by molar-refractivity contribution is 5.74. The number of aromatic amines is 1. The van der Waals surface area contributed by atoms with Gasteiger partial charge in [-0.1, -0.05) is 6.92 Å². The molecule has 0 aromatic carbocycles. The number of imidazole rings is 1. The first kappa shape index (κ1) is 11.9. The molecule has 1 saturated carbocycles. The van der Waals surface area contributed by atoms with Gasteiger partial charge in [0.1, 0.15) is 0 Å². The summed E-state index contributed by atoms with van der Waals surface area (Å²) in [5, 5.41) is 3.42. The molecule has 0 amide bonds. The molecule has 1 aliphatic rings. The second kappa shape index (κ2) is 4.31. The maximum Gasteiger partial charge on any atom is 0.156 e. The van der Waals surface area contributed by atoms with E-state index in [1.807, 2.05) is 18.6 Å². The fraction of sp³-hybridized carbons (Fsp3) is 0.467. The van der Waals surface area contributed by atoms with E-state index in [0.29, 0.717) is 17.9 Å². The highest BCUT2D eigenvalue weighted by Gasteiger charge is 2.33. The van der Waals surface area contributed by atoms with Gasteiger partial charge in [-0.15, -0.1) is 0 Å². The molecule has 3 atom stereocenters. The molecule has 0 saturated heterocycles. The maximum atomic E-state index is 4.54. The number of nitrogens with one attached hydrogen (secondary N) is 2. The Morgan fingerprint density at radius 3 is 3.00 bits per heavy atom. The van der Waals surface area contributed by atoms with Crippen molar-refractivity contribution in [2.24, 2.45) is 5.92 Å². The van der Waals surface area contributed by atoms with Crippen LogP contribution in [0.5, 0.6) is 0 Å². The highest BCUT2D eigenvalue weighted by Crippen LogP contribution is 2.40. The van der Waals surface area contributed by atoms with Crippen LogP contribution in [0.25, 0.3) is 16.8 Å². The summed E-state index contributed by atoms with van der Waals surface area (Å²) in [7, 11) is 2.06. The fourth-order valence-electron chi connectivity index (χ4n) is 3.65. The highest BCUT2D eigenvalue weighted by atomic mass is 15.1. The molecule has 0 aliphatic heterocycles. The van der Waals surface area contributed by atoms with Gasteiger partial charge in [0.05, 0.1) is 11.7 Å². The Morgan fingerprint density at radius 2 is 2.20 bits per heavy atom. The molecular formula is C15H19N5. The van der Waals surface area contributed by atoms with E-state index in [0.717, 1.165) is 16.8 Å². The molecule has 104 valence electrons. The Labute approximate surface area is 117 Å². The minimum Gasteiger partial charge on any atom is -0.345 e. The third-order valence-electron chi connectivity index (χ3n) is 4.74. The largest absolute Gasteiger partial charge is 0.345 e. The van der Waals surface area contributed by atoms with Crippen molar-refractivity contribution in [2.45, 2.75) is 31.7 Å².